The van der Waals surface area contributed by atoms with Crippen molar-refractivity contribution in [2.75, 3.05) is 32.1 Å². The van der Waals surface area contributed by atoms with E-state index in [1.807, 2.05) is 18.2 Å². The second-order valence-corrected chi connectivity index (χ2v) is 4.90. The van der Waals surface area contributed by atoms with Crippen molar-refractivity contribution in [3.8, 4) is 5.75 Å². The van der Waals surface area contributed by atoms with E-state index in [9.17, 15) is 0 Å². The lowest BCUT2D eigenvalue weighted by Crippen LogP contribution is -2.35. The number of hydrogen-bond acceptors (Lipinski definition) is 3. The Morgan fingerprint density at radius 3 is 2.94 bits per heavy atom. The lowest BCUT2D eigenvalue weighted by Gasteiger charge is -2.23. The Bertz CT molecular complexity index is 378. The van der Waals surface area contributed by atoms with E-state index in [2.05, 4.69) is 17.3 Å². The molecule has 17 heavy (non-hydrogen) atoms. The number of rotatable bonds is 4. The molecule has 94 valence electrons. The van der Waals surface area contributed by atoms with Crippen LogP contribution in [0.1, 0.15) is 12.8 Å². The van der Waals surface area contributed by atoms with E-state index in [1.54, 1.807) is 7.11 Å². The van der Waals surface area contributed by atoms with Gasteiger partial charge in [-0.1, -0.05) is 11.6 Å². The van der Waals surface area contributed by atoms with Gasteiger partial charge in [-0.3, -0.25) is 0 Å². The third-order valence-corrected chi connectivity index (χ3v) is 3.53. The maximum atomic E-state index is 6.12. The topological polar surface area (TPSA) is 24.5 Å². The van der Waals surface area contributed by atoms with Crippen LogP contribution in [-0.4, -0.2) is 33.3 Å². The summed E-state index contributed by atoms with van der Waals surface area (Å²) in [7, 11) is 3.73. The number of ether oxygens (including phenoxy) is 1. The molecule has 0 spiro atoms. The Hall–Kier alpha value is -0.930. The summed E-state index contributed by atoms with van der Waals surface area (Å²) in [5, 5.41) is 4.16. The fourth-order valence-electron chi connectivity index (χ4n) is 2.24. The molecular formula is C13H19ClN2O. The van der Waals surface area contributed by atoms with Crippen LogP contribution in [0.4, 0.5) is 5.69 Å². The zero-order valence-corrected chi connectivity index (χ0v) is 11.1. The summed E-state index contributed by atoms with van der Waals surface area (Å²) in [4.78, 5) is 2.23. The lowest BCUT2D eigenvalue weighted by molar-refractivity contribution is 0.415. The van der Waals surface area contributed by atoms with Crippen molar-refractivity contribution < 1.29 is 4.74 Å². The summed E-state index contributed by atoms with van der Waals surface area (Å²) >= 11 is 6.12. The van der Waals surface area contributed by atoms with Crippen molar-refractivity contribution >= 4 is 17.3 Å². The average Bonchev–Trinajstić information content (AvgIpc) is 2.81. The Labute approximate surface area is 108 Å². The van der Waals surface area contributed by atoms with Crippen molar-refractivity contribution in [1.82, 2.24) is 5.32 Å². The minimum Gasteiger partial charge on any atom is -0.495 e. The second kappa shape index (κ2) is 5.61. The highest BCUT2D eigenvalue weighted by Gasteiger charge is 2.16. The van der Waals surface area contributed by atoms with Crippen molar-refractivity contribution in [2.24, 2.45) is 0 Å². The fraction of sp³-hybridized carbons (Fsp3) is 0.538. The van der Waals surface area contributed by atoms with Crippen LogP contribution < -0.4 is 15.0 Å². The van der Waals surface area contributed by atoms with Gasteiger partial charge < -0.3 is 15.0 Å². The van der Waals surface area contributed by atoms with Crippen LogP contribution in [0, 0.1) is 0 Å². The van der Waals surface area contributed by atoms with Gasteiger partial charge in [0.15, 0.2) is 0 Å². The molecule has 1 N–H and O–H groups in total. The van der Waals surface area contributed by atoms with Crippen molar-refractivity contribution in [2.45, 2.75) is 18.9 Å². The van der Waals surface area contributed by atoms with E-state index < -0.39 is 0 Å². The molecule has 0 radical (unpaired) electrons. The Kier molecular flexibility index (Phi) is 4.13. The number of nitrogens with one attached hydrogen (secondary N) is 1. The molecule has 4 heteroatoms. The fourth-order valence-corrected chi connectivity index (χ4v) is 2.49. The van der Waals surface area contributed by atoms with Crippen LogP contribution in [0.15, 0.2) is 18.2 Å². The van der Waals surface area contributed by atoms with Crippen LogP contribution in [-0.2, 0) is 0 Å². The number of benzene rings is 1. The zero-order valence-electron chi connectivity index (χ0n) is 10.4. The number of hydrogen-bond donors (Lipinski definition) is 1. The number of halogens is 1. The van der Waals surface area contributed by atoms with Gasteiger partial charge in [-0.2, -0.15) is 0 Å². The monoisotopic (exact) mass is 254 g/mol. The minimum atomic E-state index is 0.598. The quantitative estimate of drug-likeness (QED) is 0.894. The number of methoxy groups -OCH3 is 1. The first-order valence-corrected chi connectivity index (χ1v) is 6.36. The third kappa shape index (κ3) is 3.05. The van der Waals surface area contributed by atoms with Gasteiger partial charge in [0.1, 0.15) is 5.75 Å². The molecule has 1 atom stereocenters. The van der Waals surface area contributed by atoms with Gasteiger partial charge in [-0.05, 0) is 37.6 Å². The maximum Gasteiger partial charge on any atom is 0.137 e. The van der Waals surface area contributed by atoms with Gasteiger partial charge in [-0.15, -0.1) is 0 Å². The summed E-state index contributed by atoms with van der Waals surface area (Å²) < 4.78 is 5.15. The van der Waals surface area contributed by atoms with E-state index in [4.69, 9.17) is 16.3 Å². The summed E-state index contributed by atoms with van der Waals surface area (Å²) in [6, 6.07) is 6.51. The predicted molar refractivity (Wildman–Crippen MR) is 72.3 cm³/mol. The van der Waals surface area contributed by atoms with Crippen molar-refractivity contribution in [3.05, 3.63) is 23.2 Å². The molecule has 0 saturated carbocycles. The van der Waals surface area contributed by atoms with Crippen LogP contribution in [0.25, 0.3) is 0 Å². The van der Waals surface area contributed by atoms with Crippen molar-refractivity contribution in [3.63, 3.8) is 0 Å². The van der Waals surface area contributed by atoms with Gasteiger partial charge in [0.2, 0.25) is 0 Å². The molecular weight excluding hydrogens is 236 g/mol. The first-order valence-electron chi connectivity index (χ1n) is 5.99. The summed E-state index contributed by atoms with van der Waals surface area (Å²) in [5.74, 6) is 0.725. The lowest BCUT2D eigenvalue weighted by atomic mass is 10.2. The second-order valence-electron chi connectivity index (χ2n) is 4.49. The molecule has 1 fully saturated rings. The van der Waals surface area contributed by atoms with Crippen LogP contribution >= 0.6 is 11.6 Å². The normalized spacial score (nSPS) is 19.4. The standard InChI is InChI=1S/C13H19ClN2O/c1-16(9-10-4-3-7-15-10)11-5-6-13(17-2)12(14)8-11/h5-6,8,10,15H,3-4,7,9H2,1-2H3. The largest absolute Gasteiger partial charge is 0.495 e. The summed E-state index contributed by atoms with van der Waals surface area (Å²) in [6.07, 6.45) is 2.54. The van der Waals surface area contributed by atoms with Gasteiger partial charge in [0.05, 0.1) is 12.1 Å². The Morgan fingerprint density at radius 1 is 1.53 bits per heavy atom. The molecule has 1 aliphatic rings. The van der Waals surface area contributed by atoms with Gasteiger partial charge in [-0.25, -0.2) is 0 Å². The molecule has 1 heterocycles. The number of nitrogens with zero attached hydrogens (tertiary/aromatic N) is 1. The molecule has 1 saturated heterocycles. The first-order chi connectivity index (χ1) is 8.20. The highest BCUT2D eigenvalue weighted by Crippen LogP contribution is 2.28. The molecule has 1 aromatic carbocycles. The Morgan fingerprint density at radius 2 is 2.35 bits per heavy atom. The highest BCUT2D eigenvalue weighted by molar-refractivity contribution is 6.32. The van der Waals surface area contributed by atoms with Crippen molar-refractivity contribution in [1.29, 1.82) is 0 Å². The minimum absolute atomic E-state index is 0.598. The predicted octanol–water partition coefficient (Wildman–Crippen LogP) is 2.54. The summed E-state index contributed by atoms with van der Waals surface area (Å²) in [6.45, 7) is 2.16. The van der Waals surface area contributed by atoms with Gasteiger partial charge in [0.25, 0.3) is 0 Å². The molecule has 3 nitrogen and oxygen atoms in total. The van der Waals surface area contributed by atoms with Crippen LogP contribution in [0.2, 0.25) is 5.02 Å². The van der Waals surface area contributed by atoms with Crippen LogP contribution in [0.5, 0.6) is 5.75 Å². The number of anilines is 1. The van der Waals surface area contributed by atoms with E-state index >= 15 is 0 Å². The molecule has 1 aliphatic heterocycles. The first kappa shape index (κ1) is 12.5. The average molecular weight is 255 g/mol. The maximum absolute atomic E-state index is 6.12. The van der Waals surface area contributed by atoms with Gasteiger partial charge >= 0.3 is 0 Å². The summed E-state index contributed by atoms with van der Waals surface area (Å²) in [5.41, 5.74) is 1.13. The molecule has 0 aliphatic carbocycles. The molecule has 0 amide bonds. The van der Waals surface area contributed by atoms with Crippen LogP contribution in [0.3, 0.4) is 0 Å². The van der Waals surface area contributed by atoms with E-state index in [0.717, 1.165) is 24.5 Å². The zero-order chi connectivity index (χ0) is 12.3. The van der Waals surface area contributed by atoms with E-state index in [1.165, 1.54) is 12.8 Å². The highest BCUT2D eigenvalue weighted by atomic mass is 35.5. The third-order valence-electron chi connectivity index (χ3n) is 3.23. The molecule has 0 aromatic heterocycles. The van der Waals surface area contributed by atoms with Gasteiger partial charge in [0, 0.05) is 25.3 Å². The SMILES string of the molecule is COc1ccc(N(C)CC2CCCN2)cc1Cl. The smallest absolute Gasteiger partial charge is 0.137 e. The van der Waals surface area contributed by atoms with E-state index in [-0.39, 0.29) is 0 Å². The number of likely N-dealkylation sites (N-methyl/N-ethyl adjacent to an activating group) is 1. The van der Waals surface area contributed by atoms with E-state index in [0.29, 0.717) is 11.1 Å². The molecule has 1 unspecified atom stereocenters. The molecule has 1 aromatic rings. The Balaban J connectivity index is 2.02. The molecule has 0 bridgehead atoms. The molecule has 2 rings (SSSR count).